The fourth-order valence-electron chi connectivity index (χ4n) is 5.55. The molecule has 0 N–H and O–H groups in total. The summed E-state index contributed by atoms with van der Waals surface area (Å²) in [5.41, 5.74) is -3.02. The van der Waals surface area contributed by atoms with Crippen LogP contribution in [0.4, 0.5) is 31.1 Å². The first-order chi connectivity index (χ1) is 22.2. The van der Waals surface area contributed by atoms with E-state index in [4.69, 9.17) is 9.47 Å². The van der Waals surface area contributed by atoms with Crippen molar-refractivity contribution < 1.29 is 50.2 Å². The number of piperidine rings is 1. The summed E-state index contributed by atoms with van der Waals surface area (Å²) in [4.78, 5) is 40.7. The molecule has 1 aliphatic rings. The maximum atomic E-state index is 13.5. The van der Waals surface area contributed by atoms with E-state index < -0.39 is 53.1 Å². The van der Waals surface area contributed by atoms with Crippen molar-refractivity contribution in [2.24, 2.45) is 5.92 Å². The summed E-state index contributed by atoms with van der Waals surface area (Å²) in [6.07, 6.45) is -3.85. The van der Waals surface area contributed by atoms with Crippen molar-refractivity contribution in [3.63, 3.8) is 0 Å². The van der Waals surface area contributed by atoms with Gasteiger partial charge in [0, 0.05) is 25.2 Å². The van der Waals surface area contributed by atoms with Crippen molar-refractivity contribution in [2.75, 3.05) is 33.4 Å². The van der Waals surface area contributed by atoms with E-state index in [2.05, 4.69) is 6.92 Å². The number of likely N-dealkylation sites (N-methyl/N-ethyl adjacent to an activating group) is 1. The molecule has 1 fully saturated rings. The SMILES string of the molecule is CCCCCCCCOC(=O)CN(C)C(=O)OC[C@H]1CCN(C(=O)c2cc(C(F)(F)F)cc(C(F)(F)F)c2)[C@@H](Cc2ccccc2)C1. The summed E-state index contributed by atoms with van der Waals surface area (Å²) in [5.74, 6) is -1.76. The van der Waals surface area contributed by atoms with Gasteiger partial charge in [0.15, 0.2) is 0 Å². The van der Waals surface area contributed by atoms with Crippen molar-refractivity contribution in [1.29, 1.82) is 0 Å². The standard InChI is InChI=1S/C34H42F6N2O5/c1-3-4-5-6-7-11-16-46-30(43)22-41(2)32(45)47-23-25-14-15-42(29(18-25)17-24-12-9-8-10-13-24)31(44)26-19-27(33(35,36)37)21-28(20-26)34(38,39)40/h8-10,12-13,19-21,25,29H,3-7,11,14-18,22-23H2,1-2H3/t25-,29-/m0/s1. The number of nitrogens with zero attached hydrogens (tertiary/aromatic N) is 2. The van der Waals surface area contributed by atoms with Crippen molar-refractivity contribution in [2.45, 2.75) is 83.1 Å². The van der Waals surface area contributed by atoms with Crippen LogP contribution in [0.3, 0.4) is 0 Å². The number of esters is 1. The Morgan fingerprint density at radius 1 is 0.872 bits per heavy atom. The molecule has 0 bridgehead atoms. The average molecular weight is 673 g/mol. The predicted octanol–water partition coefficient (Wildman–Crippen LogP) is 8.16. The molecular formula is C34H42F6N2O5. The van der Waals surface area contributed by atoms with Crippen molar-refractivity contribution in [1.82, 2.24) is 9.80 Å². The highest BCUT2D eigenvalue weighted by Crippen LogP contribution is 2.37. The number of alkyl halides is 6. The van der Waals surface area contributed by atoms with Crippen molar-refractivity contribution >= 4 is 18.0 Å². The molecule has 13 heteroatoms. The number of hydrogen-bond acceptors (Lipinski definition) is 5. The number of halogens is 6. The lowest BCUT2D eigenvalue weighted by Crippen LogP contribution is -2.48. The Labute approximate surface area is 271 Å². The monoisotopic (exact) mass is 672 g/mol. The maximum absolute atomic E-state index is 13.5. The van der Waals surface area contributed by atoms with E-state index >= 15 is 0 Å². The predicted molar refractivity (Wildman–Crippen MR) is 162 cm³/mol. The van der Waals surface area contributed by atoms with Crippen LogP contribution in [0.5, 0.6) is 0 Å². The first kappa shape index (κ1) is 37.7. The van der Waals surface area contributed by atoms with E-state index in [9.17, 15) is 40.7 Å². The molecule has 260 valence electrons. The van der Waals surface area contributed by atoms with Crippen LogP contribution in [0.25, 0.3) is 0 Å². The molecule has 1 saturated heterocycles. The molecule has 2 amide bonds. The van der Waals surface area contributed by atoms with Crippen LogP contribution in [0, 0.1) is 5.92 Å². The summed E-state index contributed by atoms with van der Waals surface area (Å²) < 4.78 is 91.6. The molecule has 7 nitrogen and oxygen atoms in total. The Kier molecular flexibility index (Phi) is 14.0. The van der Waals surface area contributed by atoms with Gasteiger partial charge in [-0.1, -0.05) is 69.4 Å². The second-order valence-corrected chi connectivity index (χ2v) is 11.9. The largest absolute Gasteiger partial charge is 0.464 e. The number of benzene rings is 2. The average Bonchev–Trinajstić information content (AvgIpc) is 3.02. The second-order valence-electron chi connectivity index (χ2n) is 11.9. The highest BCUT2D eigenvalue weighted by atomic mass is 19.4. The summed E-state index contributed by atoms with van der Waals surface area (Å²) in [5, 5.41) is 0. The van der Waals surface area contributed by atoms with Gasteiger partial charge in [0.25, 0.3) is 5.91 Å². The molecule has 0 spiro atoms. The number of carbonyl (C=O) groups is 3. The van der Waals surface area contributed by atoms with E-state index in [1.54, 1.807) is 30.3 Å². The number of hydrogen-bond donors (Lipinski definition) is 0. The Balaban J connectivity index is 1.63. The highest BCUT2D eigenvalue weighted by molar-refractivity contribution is 5.95. The summed E-state index contributed by atoms with van der Waals surface area (Å²) in [6.45, 7) is 2.08. The Hall–Kier alpha value is -3.77. The van der Waals surface area contributed by atoms with E-state index in [-0.39, 0.29) is 51.1 Å². The zero-order chi connectivity index (χ0) is 34.6. The third kappa shape index (κ3) is 12.1. The molecule has 2 aromatic carbocycles. The van der Waals surface area contributed by atoms with Gasteiger partial charge in [-0.25, -0.2) is 4.79 Å². The van der Waals surface area contributed by atoms with Gasteiger partial charge in [-0.05, 0) is 55.4 Å². The van der Waals surface area contributed by atoms with E-state index in [1.165, 1.54) is 18.4 Å². The van der Waals surface area contributed by atoms with Crippen LogP contribution in [0.15, 0.2) is 48.5 Å². The molecule has 3 rings (SSSR count). The summed E-state index contributed by atoms with van der Waals surface area (Å²) in [7, 11) is 1.40. The van der Waals surface area contributed by atoms with Crippen LogP contribution >= 0.6 is 0 Å². The molecule has 1 heterocycles. The summed E-state index contributed by atoms with van der Waals surface area (Å²) >= 11 is 0. The topological polar surface area (TPSA) is 76.2 Å². The Morgan fingerprint density at radius 2 is 1.49 bits per heavy atom. The van der Waals surface area contributed by atoms with Crippen molar-refractivity contribution in [3.05, 3.63) is 70.8 Å². The number of rotatable bonds is 14. The molecule has 0 unspecified atom stereocenters. The van der Waals surface area contributed by atoms with Gasteiger partial charge in [0.2, 0.25) is 0 Å². The number of ether oxygens (including phenoxy) is 2. The molecule has 0 aromatic heterocycles. The minimum atomic E-state index is -5.09. The van der Waals surface area contributed by atoms with Gasteiger partial charge in [0.1, 0.15) is 6.54 Å². The zero-order valence-electron chi connectivity index (χ0n) is 26.7. The van der Waals surface area contributed by atoms with E-state index in [0.717, 1.165) is 42.6 Å². The molecule has 47 heavy (non-hydrogen) atoms. The lowest BCUT2D eigenvalue weighted by molar-refractivity contribution is -0.145. The van der Waals surface area contributed by atoms with Gasteiger partial charge in [-0.15, -0.1) is 0 Å². The second kappa shape index (κ2) is 17.4. The lowest BCUT2D eigenvalue weighted by atomic mass is 9.87. The zero-order valence-corrected chi connectivity index (χ0v) is 26.7. The van der Waals surface area contributed by atoms with Crippen LogP contribution in [-0.4, -0.2) is 67.2 Å². The lowest BCUT2D eigenvalue weighted by Gasteiger charge is -2.40. The molecule has 2 aromatic rings. The van der Waals surface area contributed by atoms with Gasteiger partial charge in [-0.3, -0.25) is 9.59 Å². The fourth-order valence-corrected chi connectivity index (χ4v) is 5.55. The number of carbonyl (C=O) groups excluding carboxylic acids is 3. The van der Waals surface area contributed by atoms with Gasteiger partial charge in [0.05, 0.1) is 24.3 Å². The minimum Gasteiger partial charge on any atom is -0.464 e. The highest BCUT2D eigenvalue weighted by Gasteiger charge is 2.39. The molecule has 0 saturated carbocycles. The van der Waals surface area contributed by atoms with Gasteiger partial charge < -0.3 is 19.3 Å². The number of amides is 2. The van der Waals surface area contributed by atoms with Crippen LogP contribution in [0.1, 0.15) is 85.3 Å². The van der Waals surface area contributed by atoms with Gasteiger partial charge >= 0.3 is 24.4 Å². The van der Waals surface area contributed by atoms with Crippen LogP contribution in [0.2, 0.25) is 0 Å². The first-order valence-electron chi connectivity index (χ1n) is 15.9. The van der Waals surface area contributed by atoms with Gasteiger partial charge in [-0.2, -0.15) is 26.3 Å². The van der Waals surface area contributed by atoms with Crippen LogP contribution in [-0.2, 0) is 33.0 Å². The molecule has 2 atom stereocenters. The quantitative estimate of drug-likeness (QED) is 0.115. The summed E-state index contributed by atoms with van der Waals surface area (Å²) in [6, 6.07) is 9.24. The Morgan fingerprint density at radius 3 is 2.11 bits per heavy atom. The third-order valence-electron chi connectivity index (χ3n) is 8.12. The number of unbranched alkanes of at least 4 members (excludes halogenated alkanes) is 5. The fraction of sp³-hybridized carbons (Fsp3) is 0.559. The molecular weight excluding hydrogens is 630 g/mol. The normalized spacial score (nSPS) is 16.9. The maximum Gasteiger partial charge on any atom is 0.416 e. The molecule has 1 aliphatic heterocycles. The Bertz CT molecular complexity index is 1290. The van der Waals surface area contributed by atoms with Crippen molar-refractivity contribution in [3.8, 4) is 0 Å². The van der Waals surface area contributed by atoms with E-state index in [0.29, 0.717) is 18.6 Å². The minimum absolute atomic E-state index is 0.00880. The number of likely N-dealkylation sites (tertiary alicyclic amines) is 1. The third-order valence-corrected chi connectivity index (χ3v) is 8.12. The van der Waals surface area contributed by atoms with Crippen LogP contribution < -0.4 is 0 Å². The van der Waals surface area contributed by atoms with E-state index in [1.807, 2.05) is 0 Å². The first-order valence-corrected chi connectivity index (χ1v) is 15.9. The molecule has 0 radical (unpaired) electrons. The smallest absolute Gasteiger partial charge is 0.416 e. The molecule has 0 aliphatic carbocycles.